The second-order valence-electron chi connectivity index (χ2n) is 2.90. The highest BCUT2D eigenvalue weighted by Crippen LogP contribution is 2.11. The van der Waals surface area contributed by atoms with Gasteiger partial charge < -0.3 is 10.1 Å². The number of nitrogens with one attached hydrogen (secondary N) is 1. The van der Waals surface area contributed by atoms with Crippen LogP contribution in [0.3, 0.4) is 0 Å². The third-order valence-corrected chi connectivity index (χ3v) is 2.03. The lowest BCUT2D eigenvalue weighted by atomic mass is 10.1. The number of ether oxygens (including phenoxy) is 1. The van der Waals surface area contributed by atoms with Crippen molar-refractivity contribution in [1.29, 1.82) is 0 Å². The molecule has 0 bridgehead atoms. The van der Waals surface area contributed by atoms with Gasteiger partial charge in [0.05, 0.1) is 28.6 Å². The van der Waals surface area contributed by atoms with Crippen LogP contribution in [0.4, 0.5) is 9.59 Å². The number of rotatable bonds is 2. The summed E-state index contributed by atoms with van der Waals surface area (Å²) in [5, 5.41) is 2.54. The summed E-state index contributed by atoms with van der Waals surface area (Å²) in [5.74, 6) is 0. The van der Waals surface area contributed by atoms with Crippen molar-refractivity contribution in [3.63, 3.8) is 0 Å². The highest BCUT2D eigenvalue weighted by molar-refractivity contribution is 14.1. The molecule has 0 radical (unpaired) electrons. The van der Waals surface area contributed by atoms with Gasteiger partial charge in [0.25, 0.3) is 0 Å². The molecule has 80 valence electrons. The fourth-order valence-electron chi connectivity index (χ4n) is 1.10. The molecule has 0 spiro atoms. The van der Waals surface area contributed by atoms with Crippen LogP contribution in [-0.4, -0.2) is 10.1 Å². The standard InChI is InChI=1S/C10H10INO3/c1-7(8-5-3-2-4-6-8)12-10(14)15-9(11)13/h2-7H,1H3,(H,12,14). The summed E-state index contributed by atoms with van der Waals surface area (Å²) in [7, 11) is 0. The Morgan fingerprint density at radius 1 is 1.33 bits per heavy atom. The van der Waals surface area contributed by atoms with Crippen LogP contribution in [0, 0.1) is 0 Å². The molecule has 0 aliphatic heterocycles. The number of halogens is 1. The van der Waals surface area contributed by atoms with Gasteiger partial charge in [0.15, 0.2) is 0 Å². The predicted molar refractivity (Wildman–Crippen MR) is 63.9 cm³/mol. The minimum atomic E-state index is -0.731. The number of alkyl carbamates (subject to hydrolysis) is 1. The van der Waals surface area contributed by atoms with Crippen molar-refractivity contribution in [2.24, 2.45) is 0 Å². The summed E-state index contributed by atoms with van der Waals surface area (Å²) in [4.78, 5) is 21.6. The van der Waals surface area contributed by atoms with Crippen LogP contribution in [0.1, 0.15) is 18.5 Å². The molecule has 1 rings (SSSR count). The van der Waals surface area contributed by atoms with Crippen molar-refractivity contribution in [1.82, 2.24) is 5.32 Å². The van der Waals surface area contributed by atoms with E-state index in [0.717, 1.165) is 5.56 Å². The molecule has 0 heterocycles. The summed E-state index contributed by atoms with van der Waals surface area (Å²) in [6.07, 6.45) is -0.731. The zero-order valence-electron chi connectivity index (χ0n) is 8.07. The molecule has 1 aromatic carbocycles. The third-order valence-electron chi connectivity index (χ3n) is 1.81. The lowest BCUT2D eigenvalue weighted by molar-refractivity contribution is 0.166. The summed E-state index contributed by atoms with van der Waals surface area (Å²) in [6, 6.07) is 9.23. The highest BCUT2D eigenvalue weighted by atomic mass is 127. The molecule has 4 nitrogen and oxygen atoms in total. The second-order valence-corrected chi connectivity index (χ2v) is 3.78. The molecule has 0 fully saturated rings. The van der Waals surface area contributed by atoms with Crippen molar-refractivity contribution in [3.05, 3.63) is 35.9 Å². The first-order valence-electron chi connectivity index (χ1n) is 4.32. The second kappa shape index (κ2) is 5.69. The van der Waals surface area contributed by atoms with E-state index in [-0.39, 0.29) is 6.04 Å². The Kier molecular flexibility index (Phi) is 4.54. The van der Waals surface area contributed by atoms with Gasteiger partial charge in [-0.15, -0.1) is 0 Å². The maximum absolute atomic E-state index is 11.1. The highest BCUT2D eigenvalue weighted by Gasteiger charge is 2.11. The number of hydrogen-bond acceptors (Lipinski definition) is 3. The molecule has 1 N–H and O–H groups in total. The molecule has 0 saturated heterocycles. The minimum absolute atomic E-state index is 0.186. The summed E-state index contributed by atoms with van der Waals surface area (Å²) in [6.45, 7) is 1.81. The Balaban J connectivity index is 2.53. The van der Waals surface area contributed by atoms with E-state index in [2.05, 4.69) is 10.1 Å². The van der Waals surface area contributed by atoms with Gasteiger partial charge in [-0.1, -0.05) is 30.3 Å². The summed E-state index contributed by atoms with van der Waals surface area (Å²) < 4.78 is 3.69. The van der Waals surface area contributed by atoms with Gasteiger partial charge in [-0.3, -0.25) is 0 Å². The van der Waals surface area contributed by atoms with E-state index in [1.807, 2.05) is 37.3 Å². The van der Waals surface area contributed by atoms with E-state index in [1.165, 1.54) is 22.6 Å². The van der Waals surface area contributed by atoms with Gasteiger partial charge in [-0.25, -0.2) is 9.59 Å². The Morgan fingerprint density at radius 3 is 2.47 bits per heavy atom. The molecule has 0 saturated carbocycles. The van der Waals surface area contributed by atoms with Crippen molar-refractivity contribution < 1.29 is 14.3 Å². The normalized spacial score (nSPS) is 11.6. The average molecular weight is 319 g/mol. The minimum Gasteiger partial charge on any atom is -0.368 e. The predicted octanol–water partition coefficient (Wildman–Crippen LogP) is 3.03. The number of carbonyl (C=O) groups is 2. The van der Waals surface area contributed by atoms with Gasteiger partial charge in [0, 0.05) is 0 Å². The molecular formula is C10H10INO3. The van der Waals surface area contributed by atoms with Crippen LogP contribution in [0.2, 0.25) is 0 Å². The average Bonchev–Trinajstić information content (AvgIpc) is 2.17. The van der Waals surface area contributed by atoms with Gasteiger partial charge in [-0.05, 0) is 12.5 Å². The molecular weight excluding hydrogens is 309 g/mol. The Hall–Kier alpha value is -1.11. The van der Waals surface area contributed by atoms with Crippen molar-refractivity contribution in [3.8, 4) is 0 Å². The quantitative estimate of drug-likeness (QED) is 0.518. The van der Waals surface area contributed by atoms with E-state index in [0.29, 0.717) is 0 Å². The first-order valence-corrected chi connectivity index (χ1v) is 5.40. The van der Waals surface area contributed by atoms with Crippen molar-refractivity contribution >= 4 is 32.7 Å². The van der Waals surface area contributed by atoms with E-state index in [4.69, 9.17) is 0 Å². The molecule has 1 atom stereocenters. The SMILES string of the molecule is CC(NC(=O)OC(=O)I)c1ccccc1. The third kappa shape index (κ3) is 4.28. The van der Waals surface area contributed by atoms with Crippen LogP contribution < -0.4 is 5.32 Å². The zero-order valence-corrected chi connectivity index (χ0v) is 10.2. The first kappa shape index (κ1) is 12.0. The lowest BCUT2D eigenvalue weighted by Crippen LogP contribution is -2.27. The van der Waals surface area contributed by atoms with Crippen molar-refractivity contribution in [2.45, 2.75) is 13.0 Å². The van der Waals surface area contributed by atoms with E-state index < -0.39 is 10.1 Å². The fraction of sp³-hybridized carbons (Fsp3) is 0.200. The molecule has 5 heteroatoms. The number of benzene rings is 1. The van der Waals surface area contributed by atoms with E-state index in [9.17, 15) is 9.59 Å². The van der Waals surface area contributed by atoms with Crippen LogP contribution in [0.5, 0.6) is 0 Å². The van der Waals surface area contributed by atoms with Crippen LogP contribution in [0.25, 0.3) is 0 Å². The largest absolute Gasteiger partial charge is 0.415 e. The summed E-state index contributed by atoms with van der Waals surface area (Å²) in [5.41, 5.74) is 0.954. The number of amides is 1. The van der Waals surface area contributed by atoms with E-state index in [1.54, 1.807) is 0 Å². The van der Waals surface area contributed by atoms with E-state index >= 15 is 0 Å². The molecule has 15 heavy (non-hydrogen) atoms. The molecule has 1 aromatic rings. The number of hydrogen-bond donors (Lipinski definition) is 1. The molecule has 0 aliphatic carbocycles. The maximum Gasteiger partial charge on any atom is 0.415 e. The molecule has 0 aliphatic rings. The maximum atomic E-state index is 11.1. The first-order chi connectivity index (χ1) is 7.09. The Labute approximate surface area is 101 Å². The monoisotopic (exact) mass is 319 g/mol. The molecule has 1 unspecified atom stereocenters. The zero-order chi connectivity index (χ0) is 11.3. The Morgan fingerprint density at radius 2 is 1.93 bits per heavy atom. The van der Waals surface area contributed by atoms with Crippen LogP contribution in [0.15, 0.2) is 30.3 Å². The van der Waals surface area contributed by atoms with Crippen LogP contribution >= 0.6 is 22.6 Å². The lowest BCUT2D eigenvalue weighted by Gasteiger charge is -2.12. The van der Waals surface area contributed by atoms with Crippen LogP contribution in [-0.2, 0) is 4.74 Å². The van der Waals surface area contributed by atoms with Gasteiger partial charge >= 0.3 is 10.1 Å². The van der Waals surface area contributed by atoms with Gasteiger partial charge in [0.1, 0.15) is 0 Å². The summed E-state index contributed by atoms with van der Waals surface area (Å²) >= 11 is 1.40. The topological polar surface area (TPSA) is 55.4 Å². The van der Waals surface area contributed by atoms with Gasteiger partial charge in [-0.2, -0.15) is 0 Å². The fourth-order valence-corrected chi connectivity index (χ4v) is 1.30. The smallest absolute Gasteiger partial charge is 0.368 e. The van der Waals surface area contributed by atoms with Crippen molar-refractivity contribution in [2.75, 3.05) is 0 Å². The van der Waals surface area contributed by atoms with Gasteiger partial charge in [0.2, 0.25) is 0 Å². The Bertz CT molecular complexity index is 353. The molecule has 1 amide bonds. The number of carbonyl (C=O) groups excluding carboxylic acids is 2. The molecule has 0 aromatic heterocycles.